The zero-order valence-corrected chi connectivity index (χ0v) is 11.7. The van der Waals surface area contributed by atoms with E-state index >= 15 is 0 Å². The Morgan fingerprint density at radius 2 is 2.00 bits per heavy atom. The molecule has 2 N–H and O–H groups in total. The minimum absolute atomic E-state index is 0.0115. The number of nitrogens with zero attached hydrogens (tertiary/aromatic N) is 1. The highest BCUT2D eigenvalue weighted by molar-refractivity contribution is 8.00. The lowest BCUT2D eigenvalue weighted by atomic mass is 10.1. The first-order valence-corrected chi connectivity index (χ1v) is 7.58. The van der Waals surface area contributed by atoms with Gasteiger partial charge in [0.1, 0.15) is 0 Å². The number of amides is 1. The minimum Gasteiger partial charge on any atom is -0.481 e. The molecule has 1 amide bonds. The summed E-state index contributed by atoms with van der Waals surface area (Å²) in [4.78, 5) is 24.3. The van der Waals surface area contributed by atoms with E-state index in [1.807, 2.05) is 0 Å². The van der Waals surface area contributed by atoms with Gasteiger partial charge in [0.15, 0.2) is 0 Å². The fraction of sp³-hybridized carbons (Fsp3) is 0.833. The Morgan fingerprint density at radius 1 is 1.33 bits per heavy atom. The highest BCUT2D eigenvalue weighted by atomic mass is 32.2. The van der Waals surface area contributed by atoms with Gasteiger partial charge in [-0.15, -0.1) is 11.8 Å². The summed E-state index contributed by atoms with van der Waals surface area (Å²) in [5.74, 6) is -0.694. The third-order valence-corrected chi connectivity index (χ3v) is 3.87. The van der Waals surface area contributed by atoms with E-state index in [0.717, 1.165) is 44.2 Å². The number of piperidine rings is 1. The van der Waals surface area contributed by atoms with Gasteiger partial charge in [-0.3, -0.25) is 9.59 Å². The van der Waals surface area contributed by atoms with Crippen LogP contribution in [0.2, 0.25) is 0 Å². The summed E-state index contributed by atoms with van der Waals surface area (Å²) in [6.45, 7) is 5.39. The molecule has 0 unspecified atom stereocenters. The molecule has 0 aromatic carbocycles. The first kappa shape index (κ1) is 15.3. The molecule has 104 valence electrons. The van der Waals surface area contributed by atoms with Crippen molar-refractivity contribution >= 4 is 23.6 Å². The molecule has 1 heterocycles. The predicted molar refractivity (Wildman–Crippen MR) is 72.9 cm³/mol. The number of carbonyl (C=O) groups excluding carboxylic acids is 1. The first-order valence-electron chi connectivity index (χ1n) is 6.43. The molecule has 0 radical (unpaired) electrons. The number of rotatable bonds is 7. The molecule has 0 aromatic heterocycles. The van der Waals surface area contributed by atoms with E-state index in [9.17, 15) is 9.59 Å². The quantitative estimate of drug-likeness (QED) is 0.718. The van der Waals surface area contributed by atoms with Crippen LogP contribution < -0.4 is 5.32 Å². The summed E-state index contributed by atoms with van der Waals surface area (Å²) in [5.41, 5.74) is 0. The zero-order valence-electron chi connectivity index (χ0n) is 10.9. The second-order valence-electron chi connectivity index (χ2n) is 4.57. The molecule has 0 aliphatic carbocycles. The molecule has 0 atom stereocenters. The molecular formula is C12H22N2O3S. The Hall–Kier alpha value is -0.750. The Morgan fingerprint density at radius 3 is 2.56 bits per heavy atom. The third-order valence-electron chi connectivity index (χ3n) is 2.95. The van der Waals surface area contributed by atoms with Crippen molar-refractivity contribution in [2.24, 2.45) is 0 Å². The van der Waals surface area contributed by atoms with E-state index in [1.165, 1.54) is 6.42 Å². The fourth-order valence-corrected chi connectivity index (χ4v) is 2.66. The highest BCUT2D eigenvalue weighted by Gasteiger charge is 2.19. The number of hydrogen-bond acceptors (Lipinski definition) is 4. The van der Waals surface area contributed by atoms with Crippen molar-refractivity contribution in [2.75, 3.05) is 31.1 Å². The van der Waals surface area contributed by atoms with E-state index in [1.54, 1.807) is 0 Å². The number of carbonyl (C=O) groups is 2. The monoisotopic (exact) mass is 274 g/mol. The van der Waals surface area contributed by atoms with Gasteiger partial charge in [-0.25, -0.2) is 0 Å². The van der Waals surface area contributed by atoms with Crippen LogP contribution in [0.3, 0.4) is 0 Å². The Kier molecular flexibility index (Phi) is 7.12. The van der Waals surface area contributed by atoms with Crippen molar-refractivity contribution in [3.63, 3.8) is 0 Å². The van der Waals surface area contributed by atoms with E-state index in [4.69, 9.17) is 5.11 Å². The second kappa shape index (κ2) is 8.37. The molecule has 18 heavy (non-hydrogen) atoms. The highest BCUT2D eigenvalue weighted by Crippen LogP contribution is 2.11. The van der Waals surface area contributed by atoms with Gasteiger partial charge in [0.05, 0.1) is 11.5 Å². The number of aliphatic carboxylic acids is 1. The molecule has 0 bridgehead atoms. The van der Waals surface area contributed by atoms with Gasteiger partial charge >= 0.3 is 5.97 Å². The van der Waals surface area contributed by atoms with Crippen LogP contribution in [0.15, 0.2) is 0 Å². The average molecular weight is 274 g/mol. The average Bonchev–Trinajstić information content (AvgIpc) is 2.31. The van der Waals surface area contributed by atoms with Crippen molar-refractivity contribution in [3.8, 4) is 0 Å². The molecule has 1 aliphatic rings. The molecule has 1 aliphatic heterocycles. The van der Waals surface area contributed by atoms with E-state index < -0.39 is 5.97 Å². The summed E-state index contributed by atoms with van der Waals surface area (Å²) in [6.07, 6.45) is 3.16. The Bertz CT molecular complexity index is 278. The van der Waals surface area contributed by atoms with Crippen LogP contribution in [0.4, 0.5) is 0 Å². The molecule has 0 spiro atoms. The SMILES string of the molecule is CCCN1CCC(NC(=O)CSCC(=O)O)CC1. The van der Waals surface area contributed by atoms with Crippen LogP contribution in [0, 0.1) is 0 Å². The number of hydrogen-bond donors (Lipinski definition) is 2. The van der Waals surface area contributed by atoms with Gasteiger partial charge in [0.2, 0.25) is 5.91 Å². The lowest BCUT2D eigenvalue weighted by Gasteiger charge is -2.32. The Balaban J connectivity index is 2.12. The summed E-state index contributed by atoms with van der Waals surface area (Å²) < 4.78 is 0. The normalized spacial score (nSPS) is 17.6. The molecule has 0 saturated carbocycles. The summed E-state index contributed by atoms with van der Waals surface area (Å²) >= 11 is 1.14. The molecule has 1 saturated heterocycles. The maximum atomic E-state index is 11.6. The van der Waals surface area contributed by atoms with Gasteiger partial charge in [-0.1, -0.05) is 6.92 Å². The van der Waals surface area contributed by atoms with Crippen LogP contribution in [0.1, 0.15) is 26.2 Å². The van der Waals surface area contributed by atoms with Crippen LogP contribution in [-0.4, -0.2) is 59.1 Å². The van der Waals surface area contributed by atoms with Gasteiger partial charge in [0.25, 0.3) is 0 Å². The van der Waals surface area contributed by atoms with Gasteiger partial charge < -0.3 is 15.3 Å². The van der Waals surface area contributed by atoms with Crippen molar-refractivity contribution in [1.82, 2.24) is 10.2 Å². The molecule has 1 rings (SSSR count). The summed E-state index contributed by atoms with van der Waals surface area (Å²) in [7, 11) is 0. The van der Waals surface area contributed by atoms with Crippen LogP contribution in [0.25, 0.3) is 0 Å². The summed E-state index contributed by atoms with van der Waals surface area (Å²) in [6, 6.07) is 0.260. The van der Waals surface area contributed by atoms with Gasteiger partial charge in [-0.05, 0) is 25.8 Å². The Labute approximate surface area is 112 Å². The number of carboxylic acid groups (broad SMARTS) is 1. The second-order valence-corrected chi connectivity index (χ2v) is 5.56. The number of nitrogens with one attached hydrogen (secondary N) is 1. The minimum atomic E-state index is -0.874. The van der Waals surface area contributed by atoms with Crippen molar-refractivity contribution in [1.29, 1.82) is 0 Å². The molecule has 5 nitrogen and oxygen atoms in total. The largest absolute Gasteiger partial charge is 0.481 e. The van der Waals surface area contributed by atoms with E-state index in [2.05, 4.69) is 17.1 Å². The van der Waals surface area contributed by atoms with E-state index in [0.29, 0.717) is 0 Å². The first-order chi connectivity index (χ1) is 8.61. The third kappa shape index (κ3) is 6.26. The maximum absolute atomic E-state index is 11.6. The summed E-state index contributed by atoms with van der Waals surface area (Å²) in [5, 5.41) is 11.4. The molecule has 0 aromatic rings. The zero-order chi connectivity index (χ0) is 13.4. The lowest BCUT2D eigenvalue weighted by Crippen LogP contribution is -2.45. The van der Waals surface area contributed by atoms with Crippen molar-refractivity contribution < 1.29 is 14.7 Å². The van der Waals surface area contributed by atoms with Crippen LogP contribution >= 0.6 is 11.8 Å². The molecular weight excluding hydrogens is 252 g/mol. The standard InChI is InChI=1S/C12H22N2O3S/c1-2-5-14-6-3-10(4-7-14)13-11(15)8-18-9-12(16)17/h10H,2-9H2,1H3,(H,13,15)(H,16,17). The fourth-order valence-electron chi connectivity index (χ4n) is 2.12. The number of thioether (sulfide) groups is 1. The van der Waals surface area contributed by atoms with Crippen molar-refractivity contribution in [2.45, 2.75) is 32.2 Å². The molecule has 6 heteroatoms. The van der Waals surface area contributed by atoms with E-state index in [-0.39, 0.29) is 23.5 Å². The number of likely N-dealkylation sites (tertiary alicyclic amines) is 1. The molecule has 1 fully saturated rings. The maximum Gasteiger partial charge on any atom is 0.313 e. The lowest BCUT2D eigenvalue weighted by molar-refractivity contribution is -0.133. The van der Waals surface area contributed by atoms with Crippen LogP contribution in [-0.2, 0) is 9.59 Å². The van der Waals surface area contributed by atoms with Crippen LogP contribution in [0.5, 0.6) is 0 Å². The number of carboxylic acids is 1. The van der Waals surface area contributed by atoms with Gasteiger partial charge in [0, 0.05) is 19.1 Å². The van der Waals surface area contributed by atoms with Crippen molar-refractivity contribution in [3.05, 3.63) is 0 Å². The smallest absolute Gasteiger partial charge is 0.313 e. The van der Waals surface area contributed by atoms with Gasteiger partial charge in [-0.2, -0.15) is 0 Å². The predicted octanol–water partition coefficient (Wildman–Crippen LogP) is 0.795. The topological polar surface area (TPSA) is 69.6 Å².